The third kappa shape index (κ3) is 4.57. The molecule has 0 bridgehead atoms. The molecule has 1 aliphatic rings. The number of rotatable bonds is 5. The van der Waals surface area contributed by atoms with Gasteiger partial charge in [-0.05, 0) is 38.0 Å². The first-order valence-electron chi connectivity index (χ1n) is 9.23. The molecular weight excluding hydrogens is 370 g/mol. The molecule has 0 aromatic carbocycles. The number of ether oxygens (including phenoxy) is 1. The lowest BCUT2D eigenvalue weighted by atomic mass is 10.2. The Labute approximate surface area is 167 Å². The van der Waals surface area contributed by atoms with Crippen LogP contribution in [0.1, 0.15) is 18.5 Å². The van der Waals surface area contributed by atoms with Gasteiger partial charge in [-0.3, -0.25) is 15.0 Å². The van der Waals surface area contributed by atoms with Crippen LogP contribution in [0.3, 0.4) is 0 Å². The third-order valence-electron chi connectivity index (χ3n) is 4.46. The third-order valence-corrected chi connectivity index (χ3v) is 4.46. The molecule has 9 heteroatoms. The highest BCUT2D eigenvalue weighted by molar-refractivity contribution is 6.00. The van der Waals surface area contributed by atoms with Crippen molar-refractivity contribution in [2.75, 3.05) is 5.32 Å². The Morgan fingerprint density at radius 1 is 1.34 bits per heavy atom. The highest BCUT2D eigenvalue weighted by Crippen LogP contribution is 2.29. The van der Waals surface area contributed by atoms with Gasteiger partial charge in [0.25, 0.3) is 0 Å². The molecular formula is C20H21N7O2. The van der Waals surface area contributed by atoms with E-state index >= 15 is 0 Å². The van der Waals surface area contributed by atoms with Crippen LogP contribution in [-0.4, -0.2) is 31.6 Å². The number of hydrogen-bond donors (Lipinski definition) is 2. The number of urea groups is 1. The van der Waals surface area contributed by atoms with E-state index < -0.39 is 6.03 Å². The lowest BCUT2D eigenvalue weighted by molar-refractivity contribution is 0.259. The van der Waals surface area contributed by atoms with Gasteiger partial charge in [-0.2, -0.15) is 10.1 Å². The van der Waals surface area contributed by atoms with Crippen LogP contribution >= 0.6 is 0 Å². The van der Waals surface area contributed by atoms with Crippen LogP contribution < -0.4 is 15.8 Å². The van der Waals surface area contributed by atoms with Gasteiger partial charge in [0, 0.05) is 37.0 Å². The Kier molecular flexibility index (Phi) is 4.94. The van der Waals surface area contributed by atoms with Crippen LogP contribution in [0.25, 0.3) is 11.3 Å². The average molecular weight is 391 g/mol. The van der Waals surface area contributed by atoms with E-state index in [0.29, 0.717) is 28.8 Å². The summed E-state index contributed by atoms with van der Waals surface area (Å²) in [4.78, 5) is 24.5. The number of aliphatic imine (C=N–C) groups is 1. The Balaban J connectivity index is 1.46. The van der Waals surface area contributed by atoms with Gasteiger partial charge in [0.1, 0.15) is 23.2 Å². The fraction of sp³-hybridized carbons (Fsp3) is 0.250. The highest BCUT2D eigenvalue weighted by Gasteiger charge is 2.26. The van der Waals surface area contributed by atoms with Crippen LogP contribution in [0, 0.1) is 12.8 Å². The van der Waals surface area contributed by atoms with Crippen LogP contribution in [0.2, 0.25) is 0 Å². The smallest absolute Gasteiger partial charge is 0.348 e. The van der Waals surface area contributed by atoms with Crippen LogP contribution in [0.4, 0.5) is 10.6 Å². The molecule has 3 heterocycles. The Hall–Kier alpha value is -3.75. The largest absolute Gasteiger partial charge is 0.455 e. The van der Waals surface area contributed by atoms with E-state index in [1.807, 2.05) is 19.3 Å². The van der Waals surface area contributed by atoms with Crippen molar-refractivity contribution in [3.8, 4) is 22.8 Å². The number of hydrogen-bond acceptors (Lipinski definition) is 5. The van der Waals surface area contributed by atoms with Crippen LogP contribution in [0.5, 0.6) is 11.5 Å². The van der Waals surface area contributed by atoms with Crippen molar-refractivity contribution in [2.24, 2.45) is 23.7 Å². The summed E-state index contributed by atoms with van der Waals surface area (Å²) in [5, 5.41) is 6.79. The normalized spacial score (nSPS) is 13.9. The molecule has 0 unspecified atom stereocenters. The number of nitrogens with zero attached hydrogens (tertiary/aromatic N) is 5. The maximum atomic E-state index is 12.0. The molecule has 3 N–H and O–H groups in total. The fourth-order valence-electron chi connectivity index (χ4n) is 2.76. The number of pyridine rings is 2. The zero-order valence-electron chi connectivity index (χ0n) is 16.2. The number of nitrogens with two attached hydrogens (primary N) is 1. The van der Waals surface area contributed by atoms with Crippen molar-refractivity contribution in [1.82, 2.24) is 19.7 Å². The molecule has 0 atom stereocenters. The van der Waals surface area contributed by atoms with Gasteiger partial charge in [0.2, 0.25) is 0 Å². The Bertz CT molecular complexity index is 1090. The van der Waals surface area contributed by atoms with E-state index in [1.165, 1.54) is 0 Å². The minimum atomic E-state index is -0.523. The predicted octanol–water partition coefficient (Wildman–Crippen LogP) is 3.28. The van der Waals surface area contributed by atoms with E-state index in [4.69, 9.17) is 10.5 Å². The molecule has 29 heavy (non-hydrogen) atoms. The molecule has 1 aliphatic carbocycles. The second-order valence-corrected chi connectivity index (χ2v) is 6.90. The van der Waals surface area contributed by atoms with Gasteiger partial charge in [0.15, 0.2) is 0 Å². The highest BCUT2D eigenvalue weighted by atomic mass is 16.5. The van der Waals surface area contributed by atoms with E-state index in [-0.39, 0.29) is 5.92 Å². The second-order valence-electron chi connectivity index (χ2n) is 6.90. The number of amidine groups is 1. The van der Waals surface area contributed by atoms with Gasteiger partial charge >= 0.3 is 6.03 Å². The number of aryl methyl sites for hydroxylation is 2. The molecule has 3 aromatic heterocycles. The van der Waals surface area contributed by atoms with Gasteiger partial charge in [-0.15, -0.1) is 0 Å². The first kappa shape index (κ1) is 18.6. The van der Waals surface area contributed by atoms with Gasteiger partial charge in [0.05, 0.1) is 17.6 Å². The first-order chi connectivity index (χ1) is 14.0. The number of nitrogens with one attached hydrogen (secondary N) is 1. The number of carbonyl (C=O) groups is 1. The standard InChI is InChI=1S/C20H21N7O2/c1-12-17(5-6-18(24-12)25-20(28)26-19(21)13-3-4-13)29-15-7-8-22-16(9-15)14-10-23-27(2)11-14/h5-11,13H,3-4H2,1-2H3,(H3,21,24,25,26,28). The summed E-state index contributed by atoms with van der Waals surface area (Å²) < 4.78 is 7.67. The van der Waals surface area contributed by atoms with Crippen molar-refractivity contribution < 1.29 is 9.53 Å². The number of anilines is 1. The fourth-order valence-corrected chi connectivity index (χ4v) is 2.76. The first-order valence-corrected chi connectivity index (χ1v) is 9.23. The number of carbonyl (C=O) groups excluding carboxylic acids is 1. The molecule has 4 rings (SSSR count). The zero-order valence-corrected chi connectivity index (χ0v) is 16.2. The molecule has 2 amide bonds. The average Bonchev–Trinajstić information content (AvgIpc) is 3.45. The van der Waals surface area contributed by atoms with Crippen molar-refractivity contribution in [3.63, 3.8) is 0 Å². The predicted molar refractivity (Wildman–Crippen MR) is 109 cm³/mol. The number of amides is 2. The molecule has 0 aliphatic heterocycles. The summed E-state index contributed by atoms with van der Waals surface area (Å²) in [5.74, 6) is 2.21. The molecule has 1 saturated carbocycles. The summed E-state index contributed by atoms with van der Waals surface area (Å²) >= 11 is 0. The van der Waals surface area contributed by atoms with Crippen molar-refractivity contribution >= 4 is 17.7 Å². The lowest BCUT2D eigenvalue weighted by Crippen LogP contribution is -2.19. The van der Waals surface area contributed by atoms with Crippen molar-refractivity contribution in [1.29, 1.82) is 0 Å². The van der Waals surface area contributed by atoms with E-state index in [1.54, 1.807) is 42.2 Å². The summed E-state index contributed by atoms with van der Waals surface area (Å²) in [6.45, 7) is 1.80. The topological polar surface area (TPSA) is 120 Å². The van der Waals surface area contributed by atoms with Crippen molar-refractivity contribution in [2.45, 2.75) is 19.8 Å². The molecule has 0 saturated heterocycles. The molecule has 3 aromatic rings. The van der Waals surface area contributed by atoms with Crippen LogP contribution in [0.15, 0.2) is 47.8 Å². The maximum absolute atomic E-state index is 12.0. The van der Waals surface area contributed by atoms with Gasteiger partial charge < -0.3 is 10.5 Å². The van der Waals surface area contributed by atoms with Crippen LogP contribution in [-0.2, 0) is 7.05 Å². The summed E-state index contributed by atoms with van der Waals surface area (Å²) in [6.07, 6.45) is 7.29. The summed E-state index contributed by atoms with van der Waals surface area (Å²) in [6, 6.07) is 6.49. The summed E-state index contributed by atoms with van der Waals surface area (Å²) in [5.41, 5.74) is 8.05. The molecule has 0 radical (unpaired) electrons. The van der Waals surface area contributed by atoms with E-state index in [9.17, 15) is 4.79 Å². The summed E-state index contributed by atoms with van der Waals surface area (Å²) in [7, 11) is 1.85. The lowest BCUT2D eigenvalue weighted by Gasteiger charge is -2.10. The Morgan fingerprint density at radius 2 is 2.17 bits per heavy atom. The van der Waals surface area contributed by atoms with Gasteiger partial charge in [-0.25, -0.2) is 9.78 Å². The molecule has 1 fully saturated rings. The van der Waals surface area contributed by atoms with E-state index in [0.717, 1.165) is 24.1 Å². The number of aromatic nitrogens is 4. The Morgan fingerprint density at radius 3 is 2.86 bits per heavy atom. The SMILES string of the molecule is Cc1nc(NC(=O)N=C(N)C2CC2)ccc1Oc1ccnc(-c2cnn(C)c2)c1. The van der Waals surface area contributed by atoms with E-state index in [2.05, 4.69) is 25.4 Å². The molecule has 0 spiro atoms. The molecule has 148 valence electrons. The quantitative estimate of drug-likeness (QED) is 0.509. The zero-order chi connectivity index (χ0) is 20.4. The minimum Gasteiger partial charge on any atom is -0.455 e. The van der Waals surface area contributed by atoms with Crippen molar-refractivity contribution in [3.05, 3.63) is 48.5 Å². The second kappa shape index (κ2) is 7.70. The molecule has 9 nitrogen and oxygen atoms in total. The maximum Gasteiger partial charge on any atom is 0.348 e. The monoisotopic (exact) mass is 391 g/mol. The van der Waals surface area contributed by atoms with Gasteiger partial charge in [-0.1, -0.05) is 0 Å². The minimum absolute atomic E-state index is 0.239.